The Morgan fingerprint density at radius 3 is 2.36 bits per heavy atom. The van der Waals surface area contributed by atoms with Crippen LogP contribution in [0.2, 0.25) is 0 Å². The second-order valence-electron chi connectivity index (χ2n) is 8.75. The number of carbonyl (C=O) groups is 1. The molecule has 0 aliphatic carbocycles. The van der Waals surface area contributed by atoms with Crippen LogP contribution in [-0.2, 0) is 7.05 Å². The molecule has 5 heteroatoms. The maximum absolute atomic E-state index is 13.5. The molecule has 2 aromatic heterocycles. The SMILES string of the molecule is CCC(C)c1ccc(C(CC)NC(=O)c2cc(-c3cnn(C)c3C)nc3ccccc23)cc1. The first-order valence-corrected chi connectivity index (χ1v) is 11.7. The molecule has 0 saturated carbocycles. The van der Waals surface area contributed by atoms with E-state index in [9.17, 15) is 4.79 Å². The van der Waals surface area contributed by atoms with E-state index in [4.69, 9.17) is 4.98 Å². The molecular weight excluding hydrogens is 408 g/mol. The van der Waals surface area contributed by atoms with Crippen LogP contribution in [-0.4, -0.2) is 20.7 Å². The van der Waals surface area contributed by atoms with Crippen molar-refractivity contribution >= 4 is 16.8 Å². The lowest BCUT2D eigenvalue weighted by Crippen LogP contribution is -2.28. The van der Waals surface area contributed by atoms with Crippen molar-refractivity contribution in [2.24, 2.45) is 7.05 Å². The highest BCUT2D eigenvalue weighted by molar-refractivity contribution is 6.07. The van der Waals surface area contributed by atoms with E-state index in [2.05, 4.69) is 55.5 Å². The van der Waals surface area contributed by atoms with Gasteiger partial charge < -0.3 is 5.32 Å². The van der Waals surface area contributed by atoms with Crippen molar-refractivity contribution in [3.63, 3.8) is 0 Å². The highest BCUT2D eigenvalue weighted by Crippen LogP contribution is 2.28. The Morgan fingerprint density at radius 2 is 1.73 bits per heavy atom. The Balaban J connectivity index is 1.69. The number of nitrogens with zero attached hydrogens (tertiary/aromatic N) is 3. The second-order valence-corrected chi connectivity index (χ2v) is 8.75. The zero-order valence-corrected chi connectivity index (χ0v) is 20.1. The summed E-state index contributed by atoms with van der Waals surface area (Å²) in [6, 6.07) is 18.3. The van der Waals surface area contributed by atoms with E-state index in [1.807, 2.05) is 55.2 Å². The van der Waals surface area contributed by atoms with Gasteiger partial charge in [-0.25, -0.2) is 4.98 Å². The molecule has 4 aromatic rings. The summed E-state index contributed by atoms with van der Waals surface area (Å²) >= 11 is 0. The van der Waals surface area contributed by atoms with Crippen molar-refractivity contribution in [3.8, 4) is 11.3 Å². The first-order valence-electron chi connectivity index (χ1n) is 11.7. The fourth-order valence-electron chi connectivity index (χ4n) is 4.20. The maximum atomic E-state index is 13.5. The number of nitrogens with one attached hydrogen (secondary N) is 1. The number of hydrogen-bond acceptors (Lipinski definition) is 3. The summed E-state index contributed by atoms with van der Waals surface area (Å²) in [4.78, 5) is 18.4. The summed E-state index contributed by atoms with van der Waals surface area (Å²) in [5, 5.41) is 8.46. The summed E-state index contributed by atoms with van der Waals surface area (Å²) in [6.07, 6.45) is 3.73. The predicted molar refractivity (Wildman–Crippen MR) is 134 cm³/mol. The molecule has 1 amide bonds. The van der Waals surface area contributed by atoms with Crippen LogP contribution in [0.4, 0.5) is 0 Å². The van der Waals surface area contributed by atoms with Gasteiger partial charge in [-0.15, -0.1) is 0 Å². The number of para-hydroxylation sites is 1. The summed E-state index contributed by atoms with van der Waals surface area (Å²) in [6.45, 7) is 8.55. The number of benzene rings is 2. The van der Waals surface area contributed by atoms with Crippen LogP contribution < -0.4 is 5.32 Å². The molecule has 2 unspecified atom stereocenters. The molecule has 1 N–H and O–H groups in total. The van der Waals surface area contributed by atoms with Gasteiger partial charge in [0.25, 0.3) is 5.91 Å². The zero-order chi connectivity index (χ0) is 23.5. The quantitative estimate of drug-likeness (QED) is 0.365. The molecule has 0 spiro atoms. The molecule has 0 radical (unpaired) electrons. The molecule has 2 atom stereocenters. The minimum Gasteiger partial charge on any atom is -0.345 e. The van der Waals surface area contributed by atoms with E-state index >= 15 is 0 Å². The van der Waals surface area contributed by atoms with Crippen molar-refractivity contribution in [3.05, 3.63) is 83.2 Å². The summed E-state index contributed by atoms with van der Waals surface area (Å²) in [7, 11) is 1.91. The van der Waals surface area contributed by atoms with Gasteiger partial charge in [0.15, 0.2) is 0 Å². The van der Waals surface area contributed by atoms with Crippen LogP contribution in [0.3, 0.4) is 0 Å². The summed E-state index contributed by atoms with van der Waals surface area (Å²) in [5.41, 5.74) is 6.60. The third kappa shape index (κ3) is 4.54. The Hall–Kier alpha value is -3.47. The van der Waals surface area contributed by atoms with Gasteiger partial charge in [-0.3, -0.25) is 9.48 Å². The van der Waals surface area contributed by atoms with Gasteiger partial charge in [0.05, 0.1) is 29.0 Å². The lowest BCUT2D eigenvalue weighted by molar-refractivity contribution is 0.0937. The number of hydrogen-bond donors (Lipinski definition) is 1. The summed E-state index contributed by atoms with van der Waals surface area (Å²) in [5.74, 6) is 0.445. The zero-order valence-electron chi connectivity index (χ0n) is 20.1. The molecule has 0 bridgehead atoms. The molecule has 33 heavy (non-hydrogen) atoms. The average Bonchev–Trinajstić information content (AvgIpc) is 3.19. The molecule has 170 valence electrons. The van der Waals surface area contributed by atoms with Crippen molar-refractivity contribution in [1.82, 2.24) is 20.1 Å². The molecule has 2 heterocycles. The Kier molecular flexibility index (Phi) is 6.59. The van der Waals surface area contributed by atoms with Crippen LogP contribution in [0.5, 0.6) is 0 Å². The second kappa shape index (κ2) is 9.57. The lowest BCUT2D eigenvalue weighted by atomic mass is 9.95. The number of fused-ring (bicyclic) bond motifs is 1. The number of pyridine rings is 1. The van der Waals surface area contributed by atoms with Gasteiger partial charge in [0.2, 0.25) is 0 Å². The largest absolute Gasteiger partial charge is 0.345 e. The Morgan fingerprint density at radius 1 is 1.03 bits per heavy atom. The third-order valence-corrected chi connectivity index (χ3v) is 6.71. The van der Waals surface area contributed by atoms with Crippen LogP contribution in [0, 0.1) is 6.92 Å². The molecule has 0 saturated heterocycles. The number of carbonyl (C=O) groups excluding carboxylic acids is 1. The van der Waals surface area contributed by atoms with E-state index in [0.29, 0.717) is 11.5 Å². The number of amides is 1. The van der Waals surface area contributed by atoms with Gasteiger partial charge in [0.1, 0.15) is 0 Å². The van der Waals surface area contributed by atoms with Crippen molar-refractivity contribution in [2.75, 3.05) is 0 Å². The summed E-state index contributed by atoms with van der Waals surface area (Å²) < 4.78 is 1.82. The van der Waals surface area contributed by atoms with Crippen LogP contribution in [0.1, 0.15) is 72.8 Å². The lowest BCUT2D eigenvalue weighted by Gasteiger charge is -2.19. The normalized spacial score (nSPS) is 13.1. The van der Waals surface area contributed by atoms with E-state index in [0.717, 1.165) is 46.3 Å². The molecule has 0 aliphatic heterocycles. The fourth-order valence-corrected chi connectivity index (χ4v) is 4.20. The number of rotatable bonds is 7. The average molecular weight is 441 g/mol. The van der Waals surface area contributed by atoms with Gasteiger partial charge in [-0.1, -0.05) is 63.2 Å². The van der Waals surface area contributed by atoms with Gasteiger partial charge in [0, 0.05) is 23.7 Å². The molecular formula is C28H32N4O. The van der Waals surface area contributed by atoms with Gasteiger partial charge in [-0.05, 0) is 48.9 Å². The smallest absolute Gasteiger partial charge is 0.252 e. The first kappa shape index (κ1) is 22.7. The molecule has 0 aliphatic rings. The highest BCUT2D eigenvalue weighted by Gasteiger charge is 2.19. The maximum Gasteiger partial charge on any atom is 0.252 e. The minimum absolute atomic E-state index is 0.0565. The third-order valence-electron chi connectivity index (χ3n) is 6.71. The van der Waals surface area contributed by atoms with Crippen LogP contribution >= 0.6 is 0 Å². The van der Waals surface area contributed by atoms with Crippen molar-refractivity contribution in [2.45, 2.75) is 52.5 Å². The van der Waals surface area contributed by atoms with Crippen molar-refractivity contribution < 1.29 is 4.79 Å². The highest BCUT2D eigenvalue weighted by atomic mass is 16.1. The predicted octanol–water partition coefficient (Wildman–Crippen LogP) is 6.34. The van der Waals surface area contributed by atoms with Crippen molar-refractivity contribution in [1.29, 1.82) is 0 Å². The minimum atomic E-state index is -0.0887. The standard InChI is InChI=1S/C28H32N4O/c1-6-18(3)20-12-14-21(15-13-20)25(7-2)31-28(33)23-16-27(24-17-29-32(5)19(24)4)30-26-11-9-8-10-22(23)26/h8-18,25H,6-7H2,1-5H3,(H,31,33). The van der Waals surface area contributed by atoms with E-state index in [1.54, 1.807) is 0 Å². The fraction of sp³-hybridized carbons (Fsp3) is 0.321. The first-order chi connectivity index (χ1) is 15.9. The molecule has 4 rings (SSSR count). The topological polar surface area (TPSA) is 59.8 Å². The van der Waals surface area contributed by atoms with Gasteiger partial charge in [-0.2, -0.15) is 5.10 Å². The monoisotopic (exact) mass is 440 g/mol. The molecule has 0 fully saturated rings. The molecule has 2 aromatic carbocycles. The molecule has 5 nitrogen and oxygen atoms in total. The number of aryl methyl sites for hydroxylation is 1. The van der Waals surface area contributed by atoms with E-state index in [1.165, 1.54) is 5.56 Å². The Bertz CT molecular complexity index is 1270. The van der Waals surface area contributed by atoms with E-state index in [-0.39, 0.29) is 11.9 Å². The number of aromatic nitrogens is 3. The Labute approximate surface area is 195 Å². The van der Waals surface area contributed by atoms with Crippen LogP contribution in [0.25, 0.3) is 22.2 Å². The van der Waals surface area contributed by atoms with E-state index < -0.39 is 0 Å². The van der Waals surface area contributed by atoms with Gasteiger partial charge >= 0.3 is 0 Å². The van der Waals surface area contributed by atoms with Crippen LogP contribution in [0.15, 0.2) is 60.8 Å².